The molecule has 0 aliphatic rings. The Morgan fingerprint density at radius 3 is 2.20 bits per heavy atom. The first kappa shape index (κ1) is 11.6. The zero-order chi connectivity index (χ0) is 11.5. The van der Waals surface area contributed by atoms with Gasteiger partial charge in [-0.3, -0.25) is 0 Å². The molecule has 2 nitrogen and oxygen atoms in total. The first-order valence-electron chi connectivity index (χ1n) is 4.23. The van der Waals surface area contributed by atoms with Crippen LogP contribution in [0.25, 0.3) is 0 Å². The second-order valence-corrected chi connectivity index (χ2v) is 3.15. The molecule has 0 aliphatic heterocycles. The van der Waals surface area contributed by atoms with Crippen molar-refractivity contribution in [1.29, 1.82) is 0 Å². The van der Waals surface area contributed by atoms with Crippen LogP contribution in [-0.2, 0) is 11.2 Å². The molecule has 0 aliphatic carbocycles. The van der Waals surface area contributed by atoms with Crippen molar-refractivity contribution in [2.75, 3.05) is 0 Å². The summed E-state index contributed by atoms with van der Waals surface area (Å²) in [5.41, 5.74) is 0.363. The minimum atomic E-state index is -4.51. The van der Waals surface area contributed by atoms with Gasteiger partial charge in [0, 0.05) is 0 Å². The Morgan fingerprint density at radius 1 is 1.27 bits per heavy atom. The fourth-order valence-electron chi connectivity index (χ4n) is 1.13. The number of hydrogen-bond acceptors (Lipinski definition) is 2. The van der Waals surface area contributed by atoms with Crippen LogP contribution in [0.3, 0.4) is 0 Å². The summed E-state index contributed by atoms with van der Waals surface area (Å²) in [6.45, 7) is 0. The van der Waals surface area contributed by atoms with Crippen molar-refractivity contribution in [3.8, 4) is 5.75 Å². The van der Waals surface area contributed by atoms with Crippen LogP contribution in [0.4, 0.5) is 13.2 Å². The summed E-state index contributed by atoms with van der Waals surface area (Å²) in [4.78, 5) is 10.3. The van der Waals surface area contributed by atoms with Crippen molar-refractivity contribution in [2.45, 2.75) is 12.6 Å². The number of aldehydes is 1. The van der Waals surface area contributed by atoms with Crippen LogP contribution < -0.4 is 0 Å². The number of halogens is 3. The van der Waals surface area contributed by atoms with Crippen LogP contribution in [0, 0.1) is 5.92 Å². The van der Waals surface area contributed by atoms with E-state index in [1.54, 1.807) is 0 Å². The van der Waals surface area contributed by atoms with E-state index in [0.29, 0.717) is 5.56 Å². The summed E-state index contributed by atoms with van der Waals surface area (Å²) in [7, 11) is 0. The van der Waals surface area contributed by atoms with Gasteiger partial charge in [-0.2, -0.15) is 13.2 Å². The average Bonchev–Trinajstić information content (AvgIpc) is 2.15. The van der Waals surface area contributed by atoms with Crippen molar-refractivity contribution < 1.29 is 23.1 Å². The Morgan fingerprint density at radius 2 is 1.80 bits per heavy atom. The second-order valence-electron chi connectivity index (χ2n) is 3.15. The van der Waals surface area contributed by atoms with E-state index in [1.165, 1.54) is 24.3 Å². The van der Waals surface area contributed by atoms with Gasteiger partial charge in [0.1, 0.15) is 18.0 Å². The molecule has 0 amide bonds. The van der Waals surface area contributed by atoms with Gasteiger partial charge in [0.2, 0.25) is 0 Å². The van der Waals surface area contributed by atoms with Crippen LogP contribution in [0.1, 0.15) is 5.56 Å². The van der Waals surface area contributed by atoms with Gasteiger partial charge >= 0.3 is 6.18 Å². The van der Waals surface area contributed by atoms with E-state index >= 15 is 0 Å². The maximum absolute atomic E-state index is 12.2. The topological polar surface area (TPSA) is 37.3 Å². The van der Waals surface area contributed by atoms with Gasteiger partial charge in [0.05, 0.1) is 0 Å². The Kier molecular flexibility index (Phi) is 3.34. The van der Waals surface area contributed by atoms with Crippen molar-refractivity contribution in [1.82, 2.24) is 0 Å². The first-order valence-corrected chi connectivity index (χ1v) is 4.23. The molecule has 5 heteroatoms. The van der Waals surface area contributed by atoms with Crippen molar-refractivity contribution in [2.24, 2.45) is 5.92 Å². The smallest absolute Gasteiger partial charge is 0.398 e. The van der Waals surface area contributed by atoms with Crippen molar-refractivity contribution >= 4 is 6.29 Å². The summed E-state index contributed by atoms with van der Waals surface area (Å²) in [6, 6.07) is 5.29. The number of rotatable bonds is 3. The van der Waals surface area contributed by atoms with Gasteiger partial charge in [-0.15, -0.1) is 0 Å². The third-order valence-electron chi connectivity index (χ3n) is 1.98. The Bertz CT molecular complexity index is 330. The third-order valence-corrected chi connectivity index (χ3v) is 1.98. The molecule has 1 atom stereocenters. The highest BCUT2D eigenvalue weighted by molar-refractivity contribution is 5.55. The summed E-state index contributed by atoms with van der Waals surface area (Å²) >= 11 is 0. The van der Waals surface area contributed by atoms with E-state index in [1.807, 2.05) is 0 Å². The summed E-state index contributed by atoms with van der Waals surface area (Å²) in [6.07, 6.45) is -5.01. The molecule has 1 aromatic rings. The highest BCUT2D eigenvalue weighted by Crippen LogP contribution is 2.27. The maximum atomic E-state index is 12.2. The monoisotopic (exact) mass is 218 g/mol. The predicted octanol–water partition coefficient (Wildman–Crippen LogP) is 2.31. The highest BCUT2D eigenvalue weighted by Gasteiger charge is 2.39. The maximum Gasteiger partial charge on any atom is 0.398 e. The molecule has 0 heterocycles. The number of carbonyl (C=O) groups is 1. The summed E-state index contributed by atoms with van der Waals surface area (Å²) < 4.78 is 36.6. The number of phenols is 1. The van der Waals surface area contributed by atoms with E-state index in [4.69, 9.17) is 5.11 Å². The molecule has 1 N–H and O–H groups in total. The molecule has 82 valence electrons. The van der Waals surface area contributed by atoms with Gasteiger partial charge in [0.15, 0.2) is 0 Å². The molecule has 0 fully saturated rings. The normalized spacial score (nSPS) is 13.5. The minimum Gasteiger partial charge on any atom is -0.508 e. The molecule has 1 aromatic carbocycles. The van der Waals surface area contributed by atoms with E-state index in [9.17, 15) is 18.0 Å². The number of benzene rings is 1. The quantitative estimate of drug-likeness (QED) is 0.790. The second kappa shape index (κ2) is 4.33. The number of carbonyl (C=O) groups excluding carboxylic acids is 1. The molecule has 1 rings (SSSR count). The van der Waals surface area contributed by atoms with Crippen LogP contribution in [0.15, 0.2) is 24.3 Å². The molecule has 15 heavy (non-hydrogen) atoms. The predicted molar refractivity (Wildman–Crippen MR) is 47.4 cm³/mol. The molecule has 0 aromatic heterocycles. The van der Waals surface area contributed by atoms with Crippen LogP contribution in [0.2, 0.25) is 0 Å². The number of aromatic hydroxyl groups is 1. The molecule has 1 unspecified atom stereocenters. The fourth-order valence-corrected chi connectivity index (χ4v) is 1.13. The van der Waals surface area contributed by atoms with Gasteiger partial charge < -0.3 is 9.90 Å². The molecule has 0 radical (unpaired) electrons. The van der Waals surface area contributed by atoms with Crippen molar-refractivity contribution in [3.63, 3.8) is 0 Å². The van der Waals surface area contributed by atoms with Crippen LogP contribution >= 0.6 is 0 Å². The standard InChI is InChI=1S/C10H9F3O2/c11-10(12,13)8(6-14)5-7-1-3-9(15)4-2-7/h1-4,6,8,15H,5H2. The number of phenolic OH excluding ortho intramolecular Hbond substituents is 1. The van der Waals surface area contributed by atoms with E-state index < -0.39 is 18.5 Å². The molecular formula is C10H9F3O2. The molecule has 0 bridgehead atoms. The number of alkyl halides is 3. The zero-order valence-electron chi connectivity index (χ0n) is 7.66. The van der Waals surface area contributed by atoms with Gasteiger partial charge in [-0.05, 0) is 24.1 Å². The van der Waals surface area contributed by atoms with Gasteiger partial charge in [-0.1, -0.05) is 12.1 Å². The lowest BCUT2D eigenvalue weighted by molar-refractivity contribution is -0.174. The van der Waals surface area contributed by atoms with Crippen LogP contribution in [-0.4, -0.2) is 17.6 Å². The molecule has 0 saturated heterocycles. The third kappa shape index (κ3) is 3.27. The van der Waals surface area contributed by atoms with E-state index in [2.05, 4.69) is 0 Å². The Balaban J connectivity index is 2.76. The minimum absolute atomic E-state index is 0.0200. The number of hydrogen-bond donors (Lipinski definition) is 1. The fraction of sp³-hybridized carbons (Fsp3) is 0.300. The summed E-state index contributed by atoms with van der Waals surface area (Å²) in [5.74, 6) is -2.00. The molecule has 0 saturated carbocycles. The highest BCUT2D eigenvalue weighted by atomic mass is 19.4. The van der Waals surface area contributed by atoms with Crippen LogP contribution in [0.5, 0.6) is 5.75 Å². The molecular weight excluding hydrogens is 209 g/mol. The van der Waals surface area contributed by atoms with Gasteiger partial charge in [-0.25, -0.2) is 0 Å². The SMILES string of the molecule is O=CC(Cc1ccc(O)cc1)C(F)(F)F. The molecule has 0 spiro atoms. The zero-order valence-corrected chi connectivity index (χ0v) is 7.66. The Hall–Kier alpha value is -1.52. The van der Waals surface area contributed by atoms with Crippen molar-refractivity contribution in [3.05, 3.63) is 29.8 Å². The Labute approximate surface area is 84.3 Å². The lowest BCUT2D eigenvalue weighted by Crippen LogP contribution is -2.26. The first-order chi connectivity index (χ1) is 6.93. The largest absolute Gasteiger partial charge is 0.508 e. The van der Waals surface area contributed by atoms with Gasteiger partial charge in [0.25, 0.3) is 0 Å². The summed E-state index contributed by atoms with van der Waals surface area (Å²) in [5, 5.41) is 8.92. The van der Waals surface area contributed by atoms with E-state index in [-0.39, 0.29) is 12.0 Å². The lowest BCUT2D eigenvalue weighted by Gasteiger charge is -2.13. The lowest BCUT2D eigenvalue weighted by atomic mass is 10.0. The van der Waals surface area contributed by atoms with E-state index in [0.717, 1.165) is 0 Å². The average molecular weight is 218 g/mol.